The van der Waals surface area contributed by atoms with Crippen molar-refractivity contribution in [2.45, 2.75) is 40.8 Å². The highest BCUT2D eigenvalue weighted by atomic mass is 16.6. The Hall–Kier alpha value is -7.65. The monoisotopic (exact) mass is 819 g/mol. The number of rotatable bonds is 14. The van der Waals surface area contributed by atoms with E-state index in [1.807, 2.05) is 18.7 Å². The molecule has 5 rings (SSSR count). The predicted molar refractivity (Wildman–Crippen MR) is 214 cm³/mol. The quantitative estimate of drug-likeness (QED) is 0.0659. The van der Waals surface area contributed by atoms with Gasteiger partial charge in [-0.15, -0.1) is 0 Å². The van der Waals surface area contributed by atoms with Crippen LogP contribution in [0.3, 0.4) is 0 Å². The number of nitrogens with zero attached hydrogens (tertiary/aromatic N) is 1. The van der Waals surface area contributed by atoms with E-state index in [1.165, 1.54) is 92.7 Å². The Balaban J connectivity index is 0.000000265. The van der Waals surface area contributed by atoms with Crippen LogP contribution in [0.4, 0.5) is 0 Å². The Kier molecular flexibility index (Phi) is 16.3. The third kappa shape index (κ3) is 12.4. The van der Waals surface area contributed by atoms with Gasteiger partial charge in [0.05, 0.1) is 0 Å². The highest BCUT2D eigenvalue weighted by molar-refractivity contribution is 6.00. The van der Waals surface area contributed by atoms with Crippen LogP contribution < -0.4 is 23.7 Å². The first kappa shape index (κ1) is 45.1. The molecular weight excluding hydrogens is 778 g/mol. The fraction of sp³-hybridized carbons (Fsp3) is 0.178. The zero-order valence-corrected chi connectivity index (χ0v) is 33.2. The summed E-state index contributed by atoms with van der Waals surface area (Å²) in [5, 5.41) is 9.24. The minimum atomic E-state index is -1.26. The van der Waals surface area contributed by atoms with E-state index in [2.05, 4.69) is 0 Å². The van der Waals surface area contributed by atoms with Gasteiger partial charge in [0, 0.05) is 13.8 Å². The molecule has 15 nitrogen and oxygen atoms in total. The highest BCUT2D eigenvalue weighted by Gasteiger charge is 2.24. The first-order chi connectivity index (χ1) is 28.7. The van der Waals surface area contributed by atoms with Crippen molar-refractivity contribution in [1.82, 2.24) is 4.90 Å². The fourth-order valence-electron chi connectivity index (χ4n) is 5.43. The molecule has 5 aromatic carbocycles. The molecule has 0 aliphatic carbocycles. The van der Waals surface area contributed by atoms with Crippen LogP contribution in [0.25, 0.3) is 0 Å². The second-order valence-electron chi connectivity index (χ2n) is 12.4. The minimum absolute atomic E-state index is 0.00967. The maximum atomic E-state index is 12.7. The van der Waals surface area contributed by atoms with Gasteiger partial charge in [0.15, 0.2) is 6.23 Å². The molecule has 0 saturated heterocycles. The van der Waals surface area contributed by atoms with Crippen LogP contribution in [-0.2, 0) is 14.3 Å². The maximum absolute atomic E-state index is 12.7. The lowest BCUT2D eigenvalue weighted by atomic mass is 10.1. The third-order valence-electron chi connectivity index (χ3n) is 8.26. The van der Waals surface area contributed by atoms with Gasteiger partial charge in [0.1, 0.15) is 56.6 Å². The van der Waals surface area contributed by atoms with E-state index >= 15 is 0 Å². The summed E-state index contributed by atoms with van der Waals surface area (Å²) in [5.41, 5.74) is -0.106. The Morgan fingerprint density at radius 1 is 0.450 bits per heavy atom. The normalized spacial score (nSPS) is 10.8. The zero-order valence-electron chi connectivity index (χ0n) is 33.2. The molecule has 1 atom stereocenters. The van der Waals surface area contributed by atoms with Crippen molar-refractivity contribution >= 4 is 41.8 Å². The van der Waals surface area contributed by atoms with Crippen LogP contribution in [0.2, 0.25) is 0 Å². The molecule has 15 heteroatoms. The molecule has 0 heterocycles. The lowest BCUT2D eigenvalue weighted by molar-refractivity contribution is -0.132. The second kappa shape index (κ2) is 21.8. The Labute approximate surface area is 345 Å². The van der Waals surface area contributed by atoms with E-state index in [0.29, 0.717) is 0 Å². The molecule has 0 aliphatic heterocycles. The van der Waals surface area contributed by atoms with Crippen molar-refractivity contribution in [1.29, 1.82) is 0 Å². The number of esters is 6. The van der Waals surface area contributed by atoms with E-state index in [0.717, 1.165) is 13.1 Å². The SMILES string of the molecule is CC(=O)Oc1ccccc1C(=O)Oc1ccccc1C(=O)Oc1ccccc1C(=O)O.CCN(CC)C(C)OC(=O)c1ccccc1OC(=O)c1ccccc1OC(C)=O. The molecule has 0 spiro atoms. The van der Waals surface area contributed by atoms with Crippen molar-refractivity contribution in [3.05, 3.63) is 149 Å². The summed E-state index contributed by atoms with van der Waals surface area (Å²) < 4.78 is 31.6. The fourth-order valence-corrected chi connectivity index (χ4v) is 5.43. The number of aromatic carboxylic acids is 1. The summed E-state index contributed by atoms with van der Waals surface area (Å²) in [5.74, 6) is -5.65. The van der Waals surface area contributed by atoms with Crippen molar-refractivity contribution in [3.8, 4) is 28.7 Å². The van der Waals surface area contributed by atoms with E-state index in [-0.39, 0.29) is 56.6 Å². The lowest BCUT2D eigenvalue weighted by Gasteiger charge is -2.26. The van der Waals surface area contributed by atoms with Gasteiger partial charge in [-0.1, -0.05) is 74.5 Å². The van der Waals surface area contributed by atoms with Gasteiger partial charge in [0.25, 0.3) is 0 Å². The summed E-state index contributed by atoms with van der Waals surface area (Å²) in [7, 11) is 0. The number of carbonyl (C=O) groups excluding carboxylic acids is 6. The van der Waals surface area contributed by atoms with Crippen LogP contribution in [0.1, 0.15) is 86.4 Å². The number of hydrogen-bond donors (Lipinski definition) is 1. The Morgan fingerprint density at radius 3 is 1.02 bits per heavy atom. The van der Waals surface area contributed by atoms with Crippen molar-refractivity contribution in [2.24, 2.45) is 0 Å². The van der Waals surface area contributed by atoms with Crippen LogP contribution in [0.5, 0.6) is 28.7 Å². The molecule has 1 N–H and O–H groups in total. The molecular formula is C45H41NO14. The summed E-state index contributed by atoms with van der Waals surface area (Å²) in [6.45, 7) is 9.64. The van der Waals surface area contributed by atoms with Crippen LogP contribution in [0, 0.1) is 0 Å². The van der Waals surface area contributed by atoms with Crippen LogP contribution in [-0.4, -0.2) is 71.1 Å². The van der Waals surface area contributed by atoms with Crippen molar-refractivity contribution < 1.29 is 67.1 Å². The molecule has 0 fully saturated rings. The van der Waals surface area contributed by atoms with Gasteiger partial charge in [-0.2, -0.15) is 0 Å². The average molecular weight is 820 g/mol. The number of carboxylic acids is 1. The van der Waals surface area contributed by atoms with E-state index in [1.54, 1.807) is 49.4 Å². The van der Waals surface area contributed by atoms with Gasteiger partial charge >= 0.3 is 41.8 Å². The van der Waals surface area contributed by atoms with E-state index in [9.17, 15) is 38.7 Å². The standard InChI is InChI=1S/C23H16O8.C22H25NO6/c1-14(24)29-19-12-6-3-9-16(19)22(27)31-20-13-7-4-10-17(20)23(28)30-18-11-5-2-8-15(18)21(25)26;1-5-23(6-2)15(3)27-21(25)18-12-8-10-14-20(18)29-22(26)17-11-7-9-13-19(17)28-16(4)24/h2-13H,1H3,(H,25,26);7-15H,5-6H2,1-4H3. The zero-order chi connectivity index (χ0) is 43.8. The topological polar surface area (TPSA) is 198 Å². The Morgan fingerprint density at radius 2 is 0.717 bits per heavy atom. The number of carbonyl (C=O) groups is 7. The van der Waals surface area contributed by atoms with Gasteiger partial charge in [-0.25, -0.2) is 24.0 Å². The number of benzene rings is 5. The van der Waals surface area contributed by atoms with Crippen molar-refractivity contribution in [3.63, 3.8) is 0 Å². The van der Waals surface area contributed by atoms with E-state index < -0.39 is 48.0 Å². The maximum Gasteiger partial charge on any atom is 0.347 e. The van der Waals surface area contributed by atoms with Gasteiger partial charge in [-0.05, 0) is 80.7 Å². The largest absolute Gasteiger partial charge is 0.478 e. The van der Waals surface area contributed by atoms with E-state index in [4.69, 9.17) is 28.4 Å². The number of ether oxygens (including phenoxy) is 6. The van der Waals surface area contributed by atoms with Crippen molar-refractivity contribution in [2.75, 3.05) is 13.1 Å². The smallest absolute Gasteiger partial charge is 0.347 e. The third-order valence-corrected chi connectivity index (χ3v) is 8.26. The summed E-state index contributed by atoms with van der Waals surface area (Å²) in [6, 6.07) is 30.0. The summed E-state index contributed by atoms with van der Waals surface area (Å²) in [6.07, 6.45) is -0.425. The predicted octanol–water partition coefficient (Wildman–Crippen LogP) is 7.42. The lowest BCUT2D eigenvalue weighted by Crippen LogP contribution is -2.36. The van der Waals surface area contributed by atoms with Gasteiger partial charge in [-0.3, -0.25) is 14.5 Å². The number of carboxylic acid groups (broad SMARTS) is 1. The molecule has 0 amide bonds. The van der Waals surface area contributed by atoms with Gasteiger partial charge < -0.3 is 33.5 Å². The molecule has 0 saturated carbocycles. The first-order valence-corrected chi connectivity index (χ1v) is 18.4. The summed E-state index contributed by atoms with van der Waals surface area (Å²) >= 11 is 0. The van der Waals surface area contributed by atoms with Crippen LogP contribution in [0.15, 0.2) is 121 Å². The molecule has 0 bridgehead atoms. The van der Waals surface area contributed by atoms with Crippen LogP contribution >= 0.6 is 0 Å². The molecule has 0 radical (unpaired) electrons. The summed E-state index contributed by atoms with van der Waals surface area (Å²) in [4.78, 5) is 86.4. The minimum Gasteiger partial charge on any atom is -0.478 e. The molecule has 60 heavy (non-hydrogen) atoms. The number of hydrogen-bond acceptors (Lipinski definition) is 14. The molecule has 0 aliphatic rings. The highest BCUT2D eigenvalue weighted by Crippen LogP contribution is 2.27. The molecule has 5 aromatic rings. The molecule has 310 valence electrons. The average Bonchev–Trinajstić information content (AvgIpc) is 3.22. The first-order valence-electron chi connectivity index (χ1n) is 18.4. The van der Waals surface area contributed by atoms with Gasteiger partial charge in [0.2, 0.25) is 0 Å². The number of para-hydroxylation sites is 5. The Bertz CT molecular complexity index is 2370. The molecule has 0 aromatic heterocycles. The molecule has 1 unspecified atom stereocenters. The second-order valence-corrected chi connectivity index (χ2v) is 12.4.